The summed E-state index contributed by atoms with van der Waals surface area (Å²) in [6, 6.07) is 3.61. The molecule has 1 aliphatic heterocycles. The molecule has 0 spiro atoms. The lowest BCUT2D eigenvalue weighted by molar-refractivity contribution is -0.122. The molecule has 3 heterocycles. The maximum atomic E-state index is 12.4. The third-order valence-electron chi connectivity index (χ3n) is 3.78. The summed E-state index contributed by atoms with van der Waals surface area (Å²) in [6.45, 7) is 2.83. The first-order chi connectivity index (χ1) is 10.2. The van der Waals surface area contributed by atoms with Crippen LogP contribution in [0.5, 0.6) is 0 Å². The van der Waals surface area contributed by atoms with Crippen molar-refractivity contribution in [2.24, 2.45) is 0 Å². The molecule has 23 heavy (non-hydrogen) atoms. The molecule has 2 aromatic heterocycles. The number of rotatable bonds is 3. The van der Waals surface area contributed by atoms with Gasteiger partial charge < -0.3 is 10.6 Å². The third kappa shape index (κ3) is 4.40. The van der Waals surface area contributed by atoms with Gasteiger partial charge in [-0.3, -0.25) is 4.79 Å². The molecule has 0 aromatic carbocycles. The Balaban J connectivity index is 0.00000132. The number of carbonyl (C=O) groups is 1. The second kappa shape index (κ2) is 8.24. The zero-order chi connectivity index (χ0) is 14.7. The lowest BCUT2D eigenvalue weighted by Crippen LogP contribution is -2.54. The van der Waals surface area contributed by atoms with E-state index in [1.54, 1.807) is 23.3 Å². The maximum absolute atomic E-state index is 12.4. The minimum Gasteiger partial charge on any atom is -0.323 e. The van der Waals surface area contributed by atoms with Crippen molar-refractivity contribution in [2.45, 2.75) is 31.7 Å². The topological polar surface area (TPSA) is 84.7 Å². The van der Waals surface area contributed by atoms with Gasteiger partial charge in [0.1, 0.15) is 12.7 Å². The molecule has 1 fully saturated rings. The van der Waals surface area contributed by atoms with Gasteiger partial charge in [-0.15, -0.1) is 24.8 Å². The summed E-state index contributed by atoms with van der Waals surface area (Å²) in [5.74, 6) is 0.644. The van der Waals surface area contributed by atoms with Crippen molar-refractivity contribution < 1.29 is 4.79 Å². The first kappa shape index (κ1) is 19.3. The molecule has 7 nitrogen and oxygen atoms in total. The number of amides is 1. The zero-order valence-corrected chi connectivity index (χ0v) is 14.4. The molecule has 0 radical (unpaired) electrons. The van der Waals surface area contributed by atoms with E-state index in [-0.39, 0.29) is 30.7 Å². The van der Waals surface area contributed by atoms with Gasteiger partial charge in [0.15, 0.2) is 5.82 Å². The van der Waals surface area contributed by atoms with Crippen molar-refractivity contribution in [3.05, 3.63) is 31.0 Å². The molecule has 1 amide bonds. The van der Waals surface area contributed by atoms with Gasteiger partial charge in [0.25, 0.3) is 0 Å². The molecule has 3 rings (SSSR count). The van der Waals surface area contributed by atoms with Crippen LogP contribution < -0.4 is 10.6 Å². The number of pyridine rings is 1. The number of piperidine rings is 1. The fourth-order valence-electron chi connectivity index (χ4n) is 2.44. The molecule has 1 aliphatic rings. The Morgan fingerprint density at radius 3 is 2.74 bits per heavy atom. The van der Waals surface area contributed by atoms with Gasteiger partial charge in [-0.05, 0) is 44.9 Å². The average Bonchev–Trinajstić information content (AvgIpc) is 3.03. The molecule has 1 atom stereocenters. The van der Waals surface area contributed by atoms with E-state index in [9.17, 15) is 4.79 Å². The Bertz CT molecular complexity index is 611. The molecule has 2 N–H and O–H groups in total. The van der Waals surface area contributed by atoms with Gasteiger partial charge in [-0.2, -0.15) is 5.10 Å². The van der Waals surface area contributed by atoms with E-state index in [1.807, 2.05) is 13.0 Å². The van der Waals surface area contributed by atoms with Crippen molar-refractivity contribution in [1.29, 1.82) is 0 Å². The van der Waals surface area contributed by atoms with Gasteiger partial charge in [0, 0.05) is 0 Å². The summed E-state index contributed by atoms with van der Waals surface area (Å²) < 4.78 is 1.57. The molecule has 0 bridgehead atoms. The van der Waals surface area contributed by atoms with Crippen LogP contribution >= 0.6 is 24.8 Å². The Morgan fingerprint density at radius 2 is 2.17 bits per heavy atom. The van der Waals surface area contributed by atoms with Crippen LogP contribution in [0, 0.1) is 0 Å². The van der Waals surface area contributed by atoms with E-state index in [0.29, 0.717) is 11.5 Å². The van der Waals surface area contributed by atoms with Crippen molar-refractivity contribution in [2.75, 3.05) is 11.9 Å². The van der Waals surface area contributed by atoms with Crippen molar-refractivity contribution in [3.63, 3.8) is 0 Å². The molecule has 2 aromatic rings. The minimum absolute atomic E-state index is 0. The van der Waals surface area contributed by atoms with Gasteiger partial charge >= 0.3 is 0 Å². The monoisotopic (exact) mass is 358 g/mol. The lowest BCUT2D eigenvalue weighted by Gasteiger charge is -2.33. The van der Waals surface area contributed by atoms with E-state index in [1.165, 1.54) is 6.33 Å². The van der Waals surface area contributed by atoms with Gasteiger partial charge in [0.2, 0.25) is 5.91 Å². The molecular weight excluding hydrogens is 339 g/mol. The highest BCUT2D eigenvalue weighted by Gasteiger charge is 2.34. The fraction of sp³-hybridized carbons (Fsp3) is 0.429. The predicted octanol–water partition coefficient (Wildman–Crippen LogP) is 1.98. The Labute approximate surface area is 147 Å². The largest absolute Gasteiger partial charge is 0.323 e. The second-order valence-corrected chi connectivity index (χ2v) is 5.42. The van der Waals surface area contributed by atoms with Crippen LogP contribution in [0.15, 0.2) is 31.0 Å². The molecule has 126 valence electrons. The average molecular weight is 359 g/mol. The number of carbonyl (C=O) groups excluding carboxylic acids is 1. The standard InChI is InChI=1S/C14H18N6O.2ClH/c1-14(6-2-3-7-17-14)13(21)19-11-4-5-12(16-8-11)20-10-15-9-18-20;;/h4-5,8-10,17H,2-3,6-7H2,1H3,(H,19,21);2*1H. The minimum atomic E-state index is -0.497. The molecule has 1 unspecified atom stereocenters. The van der Waals surface area contributed by atoms with Crippen LogP contribution in [0.2, 0.25) is 0 Å². The first-order valence-electron chi connectivity index (χ1n) is 7.05. The van der Waals surface area contributed by atoms with Crippen LogP contribution in [-0.2, 0) is 4.79 Å². The van der Waals surface area contributed by atoms with E-state index in [4.69, 9.17) is 0 Å². The smallest absolute Gasteiger partial charge is 0.244 e. The van der Waals surface area contributed by atoms with Crippen LogP contribution in [0.4, 0.5) is 5.69 Å². The van der Waals surface area contributed by atoms with Crippen LogP contribution in [0.3, 0.4) is 0 Å². The summed E-state index contributed by atoms with van der Waals surface area (Å²) in [7, 11) is 0. The summed E-state index contributed by atoms with van der Waals surface area (Å²) in [5.41, 5.74) is 0.181. The van der Waals surface area contributed by atoms with E-state index in [2.05, 4.69) is 25.7 Å². The number of nitrogens with one attached hydrogen (secondary N) is 2. The van der Waals surface area contributed by atoms with Crippen LogP contribution in [0.1, 0.15) is 26.2 Å². The lowest BCUT2D eigenvalue weighted by atomic mass is 9.90. The molecular formula is C14H20Cl2N6O. The summed E-state index contributed by atoms with van der Waals surface area (Å²) in [5, 5.41) is 10.2. The molecule has 0 saturated carbocycles. The number of nitrogens with zero attached hydrogens (tertiary/aromatic N) is 4. The fourth-order valence-corrected chi connectivity index (χ4v) is 2.44. The van der Waals surface area contributed by atoms with E-state index in [0.717, 1.165) is 25.8 Å². The Kier molecular flexibility index (Phi) is 6.93. The number of halogens is 2. The van der Waals surface area contributed by atoms with E-state index < -0.39 is 5.54 Å². The number of hydrogen-bond donors (Lipinski definition) is 2. The molecule has 1 saturated heterocycles. The van der Waals surface area contributed by atoms with Gasteiger partial charge in [-0.1, -0.05) is 0 Å². The summed E-state index contributed by atoms with van der Waals surface area (Å²) in [6.07, 6.45) is 7.70. The normalized spacial score (nSPS) is 20.0. The third-order valence-corrected chi connectivity index (χ3v) is 3.78. The number of aromatic nitrogens is 4. The van der Waals surface area contributed by atoms with Crippen molar-refractivity contribution >= 4 is 36.4 Å². The van der Waals surface area contributed by atoms with Gasteiger partial charge in [-0.25, -0.2) is 14.6 Å². The highest BCUT2D eigenvalue weighted by atomic mass is 35.5. The van der Waals surface area contributed by atoms with Crippen molar-refractivity contribution in [3.8, 4) is 5.82 Å². The predicted molar refractivity (Wildman–Crippen MR) is 92.5 cm³/mol. The summed E-state index contributed by atoms with van der Waals surface area (Å²) >= 11 is 0. The van der Waals surface area contributed by atoms with Crippen molar-refractivity contribution in [1.82, 2.24) is 25.1 Å². The Hall–Kier alpha value is -1.70. The van der Waals surface area contributed by atoms with Crippen LogP contribution in [0.25, 0.3) is 5.82 Å². The second-order valence-electron chi connectivity index (χ2n) is 5.42. The molecule has 9 heteroatoms. The highest BCUT2D eigenvalue weighted by molar-refractivity contribution is 5.97. The quantitative estimate of drug-likeness (QED) is 0.875. The summed E-state index contributed by atoms with van der Waals surface area (Å²) in [4.78, 5) is 20.5. The SMILES string of the molecule is CC1(C(=O)Nc2ccc(-n3cncn3)nc2)CCCCN1.Cl.Cl. The zero-order valence-electron chi connectivity index (χ0n) is 12.7. The van der Waals surface area contributed by atoms with Gasteiger partial charge in [0.05, 0.1) is 17.4 Å². The van der Waals surface area contributed by atoms with Crippen LogP contribution in [-0.4, -0.2) is 37.7 Å². The Morgan fingerprint density at radius 1 is 1.35 bits per heavy atom. The first-order valence-corrected chi connectivity index (χ1v) is 7.05. The van der Waals surface area contributed by atoms with E-state index >= 15 is 0 Å². The maximum Gasteiger partial charge on any atom is 0.244 e. The number of anilines is 1. The number of hydrogen-bond acceptors (Lipinski definition) is 5. The highest BCUT2D eigenvalue weighted by Crippen LogP contribution is 2.21. The molecule has 0 aliphatic carbocycles.